The number of hydrogen-bond acceptors (Lipinski definition) is 4. The van der Waals surface area contributed by atoms with E-state index >= 15 is 0 Å². The highest BCUT2D eigenvalue weighted by Crippen LogP contribution is 2.31. The Morgan fingerprint density at radius 1 is 1.15 bits per heavy atom. The van der Waals surface area contributed by atoms with E-state index in [9.17, 15) is 18.4 Å². The molecule has 0 aliphatic carbocycles. The van der Waals surface area contributed by atoms with E-state index < -0.39 is 22.9 Å². The number of anilines is 2. The fourth-order valence-electron chi connectivity index (χ4n) is 2.51. The second-order valence-electron chi connectivity index (χ2n) is 5.49. The van der Waals surface area contributed by atoms with Gasteiger partial charge in [0, 0.05) is 19.2 Å². The summed E-state index contributed by atoms with van der Waals surface area (Å²) in [6.45, 7) is 0. The molecule has 8 heteroatoms. The number of amides is 2. The quantitative estimate of drug-likeness (QED) is 0.507. The zero-order chi connectivity index (χ0) is 18.7. The summed E-state index contributed by atoms with van der Waals surface area (Å²) in [5.74, 6) is -1.95. The number of nitrogens with zero attached hydrogens (tertiary/aromatic N) is 2. The second kappa shape index (κ2) is 7.65. The van der Waals surface area contributed by atoms with Gasteiger partial charge in [-0.3, -0.25) is 14.6 Å². The lowest BCUT2D eigenvalue weighted by Crippen LogP contribution is -2.32. The monoisotopic (exact) mass is 375 g/mol. The molecule has 1 aliphatic rings. The highest BCUT2D eigenvalue weighted by Gasteiger charge is 2.41. The number of thioether (sulfide) groups is 1. The topological polar surface area (TPSA) is 61.8 Å². The smallest absolute Gasteiger partial charge is 0.247 e. The number of imide groups is 1. The second-order valence-corrected chi connectivity index (χ2v) is 6.68. The van der Waals surface area contributed by atoms with Gasteiger partial charge in [0.1, 0.15) is 16.9 Å². The van der Waals surface area contributed by atoms with Crippen molar-refractivity contribution in [3.05, 3.63) is 60.2 Å². The predicted molar refractivity (Wildman–Crippen MR) is 98.3 cm³/mol. The molecule has 1 heterocycles. The summed E-state index contributed by atoms with van der Waals surface area (Å²) in [5.41, 5.74) is 0.550. The summed E-state index contributed by atoms with van der Waals surface area (Å²) in [4.78, 5) is 29.8. The maximum Gasteiger partial charge on any atom is 0.247 e. The number of amidine groups is 1. The van der Waals surface area contributed by atoms with Gasteiger partial charge in [0.05, 0.1) is 5.69 Å². The summed E-state index contributed by atoms with van der Waals surface area (Å²) in [6.07, 6.45) is -0.0536. The van der Waals surface area contributed by atoms with Gasteiger partial charge in [-0.15, -0.1) is 0 Å². The lowest BCUT2D eigenvalue weighted by atomic mass is 10.3. The minimum atomic E-state index is -0.714. The number of para-hydroxylation sites is 1. The lowest BCUT2D eigenvalue weighted by Gasteiger charge is -2.16. The minimum Gasteiger partial charge on any atom is -0.335 e. The van der Waals surface area contributed by atoms with Gasteiger partial charge >= 0.3 is 0 Å². The van der Waals surface area contributed by atoms with Crippen molar-refractivity contribution < 1.29 is 18.4 Å². The number of carbonyl (C=O) groups is 2. The predicted octanol–water partition coefficient (Wildman–Crippen LogP) is 3.43. The molecule has 1 fully saturated rings. The van der Waals surface area contributed by atoms with Gasteiger partial charge in [0.25, 0.3) is 0 Å². The van der Waals surface area contributed by atoms with Crippen molar-refractivity contribution in [3.8, 4) is 0 Å². The van der Waals surface area contributed by atoms with E-state index in [1.165, 1.54) is 49.5 Å². The standard InChI is InChI=1S/C18H15F2N3O2S/c1-21-18(22-12-8-6-11(19)7-9-12)26-15-10-16(24)23(17(15)25)14-5-3-2-4-13(14)20/h2-9,15H,10H2,1H3,(H,21,22)/t15-/m0/s1. The van der Waals surface area contributed by atoms with Crippen LogP contribution in [0.5, 0.6) is 0 Å². The number of benzene rings is 2. The van der Waals surface area contributed by atoms with Crippen LogP contribution >= 0.6 is 11.8 Å². The maximum atomic E-state index is 13.9. The third kappa shape index (κ3) is 3.75. The van der Waals surface area contributed by atoms with Crippen LogP contribution in [0.25, 0.3) is 0 Å². The fraction of sp³-hybridized carbons (Fsp3) is 0.167. The first-order valence-corrected chi connectivity index (χ1v) is 8.65. The zero-order valence-corrected chi connectivity index (χ0v) is 14.6. The normalized spacial score (nSPS) is 17.7. The van der Waals surface area contributed by atoms with E-state index in [1.54, 1.807) is 6.07 Å². The molecule has 1 saturated heterocycles. The number of halogens is 2. The van der Waals surface area contributed by atoms with Crippen LogP contribution in [0.4, 0.5) is 20.2 Å². The Bertz CT molecular complexity index is 871. The van der Waals surface area contributed by atoms with E-state index in [2.05, 4.69) is 10.3 Å². The summed E-state index contributed by atoms with van der Waals surface area (Å²) >= 11 is 1.08. The van der Waals surface area contributed by atoms with Crippen LogP contribution < -0.4 is 10.2 Å². The van der Waals surface area contributed by atoms with Crippen LogP contribution in [0, 0.1) is 11.6 Å². The molecule has 1 atom stereocenters. The first kappa shape index (κ1) is 18.1. The minimum absolute atomic E-state index is 0.0490. The molecule has 2 aromatic carbocycles. The molecule has 5 nitrogen and oxygen atoms in total. The molecule has 0 bridgehead atoms. The van der Waals surface area contributed by atoms with Crippen molar-refractivity contribution in [2.24, 2.45) is 4.99 Å². The van der Waals surface area contributed by atoms with Gasteiger partial charge in [-0.05, 0) is 36.4 Å². The molecule has 2 aromatic rings. The molecule has 0 unspecified atom stereocenters. The lowest BCUT2D eigenvalue weighted by molar-refractivity contribution is -0.121. The van der Waals surface area contributed by atoms with Crippen molar-refractivity contribution in [1.82, 2.24) is 0 Å². The Labute approximate surface area is 153 Å². The number of nitrogens with one attached hydrogen (secondary N) is 1. The van der Waals surface area contributed by atoms with Crippen molar-refractivity contribution in [3.63, 3.8) is 0 Å². The van der Waals surface area contributed by atoms with E-state index in [0.717, 1.165) is 16.7 Å². The Balaban J connectivity index is 1.73. The molecular formula is C18H15F2N3O2S. The molecule has 3 rings (SSSR count). The number of hydrogen-bond donors (Lipinski definition) is 1. The highest BCUT2D eigenvalue weighted by atomic mass is 32.2. The van der Waals surface area contributed by atoms with Crippen LogP contribution in [0.2, 0.25) is 0 Å². The Kier molecular flexibility index (Phi) is 5.32. The molecule has 0 spiro atoms. The molecule has 0 saturated carbocycles. The third-order valence-electron chi connectivity index (χ3n) is 3.75. The van der Waals surface area contributed by atoms with Gasteiger partial charge < -0.3 is 5.32 Å². The largest absolute Gasteiger partial charge is 0.335 e. The van der Waals surface area contributed by atoms with Crippen LogP contribution in [-0.4, -0.2) is 29.3 Å². The van der Waals surface area contributed by atoms with Gasteiger partial charge in [-0.1, -0.05) is 23.9 Å². The van der Waals surface area contributed by atoms with Crippen LogP contribution in [-0.2, 0) is 9.59 Å². The summed E-state index contributed by atoms with van der Waals surface area (Å²) in [5, 5.41) is 2.66. The number of carbonyl (C=O) groups excluding carboxylic acids is 2. The zero-order valence-electron chi connectivity index (χ0n) is 13.8. The molecule has 1 aliphatic heterocycles. The van der Waals surface area contributed by atoms with Gasteiger partial charge in [0.2, 0.25) is 11.8 Å². The summed E-state index contributed by atoms with van der Waals surface area (Å²) < 4.78 is 26.9. The molecule has 2 amide bonds. The van der Waals surface area contributed by atoms with Gasteiger partial charge in [-0.2, -0.15) is 0 Å². The first-order chi connectivity index (χ1) is 12.5. The molecule has 26 heavy (non-hydrogen) atoms. The van der Waals surface area contributed by atoms with Crippen LogP contribution in [0.1, 0.15) is 6.42 Å². The Hall–Kier alpha value is -2.74. The van der Waals surface area contributed by atoms with Crippen molar-refractivity contribution in [2.75, 3.05) is 17.3 Å². The SMILES string of the molecule is CN=C(Nc1ccc(F)cc1)S[C@H]1CC(=O)N(c2ccccc2F)C1=O. The van der Waals surface area contributed by atoms with E-state index in [0.29, 0.717) is 10.9 Å². The van der Waals surface area contributed by atoms with E-state index in [1.807, 2.05) is 0 Å². The van der Waals surface area contributed by atoms with Crippen molar-refractivity contribution in [2.45, 2.75) is 11.7 Å². The first-order valence-electron chi connectivity index (χ1n) is 7.77. The van der Waals surface area contributed by atoms with Crippen LogP contribution in [0.3, 0.4) is 0 Å². The Morgan fingerprint density at radius 3 is 2.50 bits per heavy atom. The van der Waals surface area contributed by atoms with Gasteiger partial charge in [0.15, 0.2) is 5.17 Å². The number of aliphatic imine (C=N–C) groups is 1. The Morgan fingerprint density at radius 2 is 1.85 bits per heavy atom. The summed E-state index contributed by atoms with van der Waals surface area (Å²) in [6, 6.07) is 11.3. The molecular weight excluding hydrogens is 360 g/mol. The molecule has 1 N–H and O–H groups in total. The average molecular weight is 375 g/mol. The molecule has 0 radical (unpaired) electrons. The summed E-state index contributed by atoms with van der Waals surface area (Å²) in [7, 11) is 1.54. The highest BCUT2D eigenvalue weighted by molar-refractivity contribution is 8.15. The maximum absolute atomic E-state index is 13.9. The molecule has 134 valence electrons. The average Bonchev–Trinajstić information content (AvgIpc) is 2.90. The number of rotatable bonds is 3. The third-order valence-corrected chi connectivity index (χ3v) is 4.91. The van der Waals surface area contributed by atoms with E-state index in [4.69, 9.17) is 0 Å². The van der Waals surface area contributed by atoms with Crippen molar-refractivity contribution in [1.29, 1.82) is 0 Å². The fourth-order valence-corrected chi connectivity index (χ4v) is 3.50. The van der Waals surface area contributed by atoms with Crippen LogP contribution in [0.15, 0.2) is 53.5 Å². The van der Waals surface area contributed by atoms with E-state index in [-0.39, 0.29) is 17.9 Å². The van der Waals surface area contributed by atoms with Gasteiger partial charge in [-0.25, -0.2) is 13.7 Å². The van der Waals surface area contributed by atoms with Crippen molar-refractivity contribution >= 4 is 40.1 Å². The molecule has 0 aromatic heterocycles.